The maximum Gasteiger partial charge on any atom is 0.0479 e. The van der Waals surface area contributed by atoms with E-state index in [0.29, 0.717) is 0 Å². The summed E-state index contributed by atoms with van der Waals surface area (Å²) < 4.78 is 0. The summed E-state index contributed by atoms with van der Waals surface area (Å²) in [6, 6.07) is 8.74. The lowest BCUT2D eigenvalue weighted by Gasteiger charge is -2.41. The van der Waals surface area contributed by atoms with Gasteiger partial charge in [0.15, 0.2) is 0 Å². The van der Waals surface area contributed by atoms with Crippen LogP contribution >= 0.6 is 0 Å². The molecule has 0 aromatic carbocycles. The Morgan fingerprint density at radius 3 is 2.56 bits per heavy atom. The number of anilines is 1. The minimum Gasteiger partial charge on any atom is -0.370 e. The molecule has 1 N–H and O–H groups in total. The summed E-state index contributed by atoms with van der Waals surface area (Å²) in [7, 11) is 0. The van der Waals surface area contributed by atoms with E-state index in [1.807, 2.05) is 18.6 Å². The largest absolute Gasteiger partial charge is 0.370 e. The van der Waals surface area contributed by atoms with Gasteiger partial charge in [0.05, 0.1) is 0 Å². The lowest BCUT2D eigenvalue weighted by molar-refractivity contribution is 0.178. The number of aryl methyl sites for hydroxylation is 1. The van der Waals surface area contributed by atoms with Crippen molar-refractivity contribution in [2.75, 3.05) is 50.7 Å². The van der Waals surface area contributed by atoms with Crippen LogP contribution in [0.2, 0.25) is 0 Å². The summed E-state index contributed by atoms with van der Waals surface area (Å²) in [5, 5.41) is 3.54. The first-order valence-corrected chi connectivity index (χ1v) is 10.3. The first-order chi connectivity index (χ1) is 13.3. The number of aromatic nitrogens is 2. The van der Waals surface area contributed by atoms with Crippen molar-refractivity contribution in [3.05, 3.63) is 54.1 Å². The van der Waals surface area contributed by atoms with Crippen molar-refractivity contribution in [1.29, 1.82) is 0 Å². The van der Waals surface area contributed by atoms with E-state index >= 15 is 0 Å². The number of piperidine rings is 1. The summed E-state index contributed by atoms with van der Waals surface area (Å²) >= 11 is 0. The molecule has 0 unspecified atom stereocenters. The molecule has 5 heteroatoms. The predicted octanol–water partition coefficient (Wildman–Crippen LogP) is 2.62. The topological polar surface area (TPSA) is 44.3 Å². The average Bonchev–Trinajstić information content (AvgIpc) is 2.95. The van der Waals surface area contributed by atoms with E-state index in [4.69, 9.17) is 4.98 Å². The molecule has 2 aliphatic heterocycles. The Balaban J connectivity index is 1.47. The van der Waals surface area contributed by atoms with Gasteiger partial charge in [-0.25, -0.2) is 0 Å². The Bertz CT molecular complexity index is 709. The third-order valence-electron chi connectivity index (χ3n) is 6.16. The SMILES string of the molecule is Cc1ccc(C2(CN3CCCN(c4ccncc4)CC3)CCNCC2)nc1. The third kappa shape index (κ3) is 4.30. The zero-order valence-electron chi connectivity index (χ0n) is 16.4. The molecule has 2 aromatic heterocycles. The molecule has 0 aliphatic carbocycles. The Hall–Kier alpha value is -1.98. The molecule has 0 spiro atoms. The van der Waals surface area contributed by atoms with Gasteiger partial charge >= 0.3 is 0 Å². The van der Waals surface area contributed by atoms with Crippen molar-refractivity contribution in [2.45, 2.75) is 31.6 Å². The first kappa shape index (κ1) is 18.4. The summed E-state index contributed by atoms with van der Waals surface area (Å²) in [5.74, 6) is 0. The van der Waals surface area contributed by atoms with E-state index in [-0.39, 0.29) is 5.41 Å². The van der Waals surface area contributed by atoms with Crippen LogP contribution < -0.4 is 10.2 Å². The second kappa shape index (κ2) is 8.36. The van der Waals surface area contributed by atoms with Crippen LogP contribution in [0.3, 0.4) is 0 Å². The fourth-order valence-corrected chi connectivity index (χ4v) is 4.55. The second-order valence-electron chi connectivity index (χ2n) is 8.07. The van der Waals surface area contributed by atoms with E-state index < -0.39 is 0 Å². The molecular weight excluding hydrogens is 334 g/mol. The summed E-state index contributed by atoms with van der Waals surface area (Å²) in [5.41, 5.74) is 4.00. The van der Waals surface area contributed by atoms with Gasteiger partial charge in [0.25, 0.3) is 0 Å². The molecule has 0 amide bonds. The van der Waals surface area contributed by atoms with Gasteiger partial charge < -0.3 is 15.1 Å². The highest BCUT2D eigenvalue weighted by molar-refractivity contribution is 5.44. The number of nitrogens with one attached hydrogen (secondary N) is 1. The van der Waals surface area contributed by atoms with Crippen LogP contribution in [0.25, 0.3) is 0 Å². The number of hydrogen-bond acceptors (Lipinski definition) is 5. The van der Waals surface area contributed by atoms with Gasteiger partial charge in [-0.05, 0) is 69.6 Å². The average molecular weight is 366 g/mol. The van der Waals surface area contributed by atoms with Crippen LogP contribution in [0.15, 0.2) is 42.9 Å². The molecule has 0 atom stereocenters. The Morgan fingerprint density at radius 2 is 1.81 bits per heavy atom. The van der Waals surface area contributed by atoms with Crippen LogP contribution in [0.1, 0.15) is 30.5 Å². The molecule has 2 aromatic rings. The normalized spacial score (nSPS) is 21.0. The number of rotatable bonds is 4. The minimum atomic E-state index is 0.185. The molecule has 144 valence electrons. The molecule has 2 fully saturated rings. The van der Waals surface area contributed by atoms with Gasteiger partial charge in [-0.2, -0.15) is 0 Å². The highest BCUT2D eigenvalue weighted by atomic mass is 15.2. The molecular formula is C22H31N5. The Labute approximate surface area is 162 Å². The molecule has 27 heavy (non-hydrogen) atoms. The maximum absolute atomic E-state index is 4.85. The van der Waals surface area contributed by atoms with E-state index in [1.165, 1.54) is 42.8 Å². The standard InChI is InChI=1S/C22H31N5/c1-19-3-4-21(25-17-19)22(7-11-24-12-8-22)18-26-13-2-14-27(16-15-26)20-5-9-23-10-6-20/h3-6,9-10,17,24H,2,7-8,11-16,18H2,1H3. The van der Waals surface area contributed by atoms with Crippen LogP contribution in [0, 0.1) is 6.92 Å². The molecule has 0 saturated carbocycles. The maximum atomic E-state index is 4.85. The number of pyridine rings is 2. The third-order valence-corrected chi connectivity index (χ3v) is 6.16. The van der Waals surface area contributed by atoms with Crippen LogP contribution in [-0.4, -0.2) is 60.7 Å². The van der Waals surface area contributed by atoms with Gasteiger partial charge in [0.1, 0.15) is 0 Å². The van der Waals surface area contributed by atoms with E-state index in [9.17, 15) is 0 Å². The summed E-state index contributed by atoms with van der Waals surface area (Å²) in [6.07, 6.45) is 9.38. The molecule has 4 rings (SSSR count). The van der Waals surface area contributed by atoms with Gasteiger partial charge in [0, 0.05) is 61.6 Å². The minimum absolute atomic E-state index is 0.185. The van der Waals surface area contributed by atoms with E-state index in [1.54, 1.807) is 0 Å². The lowest BCUT2D eigenvalue weighted by atomic mass is 9.75. The summed E-state index contributed by atoms with van der Waals surface area (Å²) in [6.45, 7) is 9.91. The van der Waals surface area contributed by atoms with Crippen molar-refractivity contribution >= 4 is 5.69 Å². The van der Waals surface area contributed by atoms with Crippen molar-refractivity contribution in [3.8, 4) is 0 Å². The highest BCUT2D eigenvalue weighted by Gasteiger charge is 2.37. The zero-order valence-corrected chi connectivity index (χ0v) is 16.4. The number of hydrogen-bond donors (Lipinski definition) is 1. The van der Waals surface area contributed by atoms with Crippen molar-refractivity contribution in [1.82, 2.24) is 20.2 Å². The molecule has 2 saturated heterocycles. The molecule has 2 aliphatic rings. The second-order valence-corrected chi connectivity index (χ2v) is 8.07. The van der Waals surface area contributed by atoms with E-state index in [0.717, 1.165) is 39.3 Å². The Kier molecular flexibility index (Phi) is 5.69. The number of nitrogens with zero attached hydrogens (tertiary/aromatic N) is 4. The fourth-order valence-electron chi connectivity index (χ4n) is 4.55. The van der Waals surface area contributed by atoms with Crippen molar-refractivity contribution < 1.29 is 0 Å². The van der Waals surface area contributed by atoms with Gasteiger partial charge in [0.2, 0.25) is 0 Å². The zero-order chi connectivity index (χ0) is 18.5. The molecule has 5 nitrogen and oxygen atoms in total. The van der Waals surface area contributed by atoms with Crippen molar-refractivity contribution in [2.24, 2.45) is 0 Å². The van der Waals surface area contributed by atoms with Gasteiger partial charge in [-0.15, -0.1) is 0 Å². The quantitative estimate of drug-likeness (QED) is 0.902. The predicted molar refractivity (Wildman–Crippen MR) is 110 cm³/mol. The summed E-state index contributed by atoms with van der Waals surface area (Å²) in [4.78, 5) is 14.2. The van der Waals surface area contributed by atoms with Gasteiger partial charge in [-0.1, -0.05) is 6.07 Å². The Morgan fingerprint density at radius 1 is 1.00 bits per heavy atom. The smallest absolute Gasteiger partial charge is 0.0479 e. The lowest BCUT2D eigenvalue weighted by Crippen LogP contribution is -2.49. The fraction of sp³-hybridized carbons (Fsp3) is 0.545. The van der Waals surface area contributed by atoms with Crippen LogP contribution in [0.5, 0.6) is 0 Å². The van der Waals surface area contributed by atoms with Crippen LogP contribution in [-0.2, 0) is 5.41 Å². The van der Waals surface area contributed by atoms with Gasteiger partial charge in [-0.3, -0.25) is 9.97 Å². The van der Waals surface area contributed by atoms with Crippen LogP contribution in [0.4, 0.5) is 5.69 Å². The molecule has 4 heterocycles. The van der Waals surface area contributed by atoms with E-state index in [2.05, 4.69) is 51.3 Å². The molecule has 0 bridgehead atoms. The molecule has 0 radical (unpaired) electrons. The highest BCUT2D eigenvalue weighted by Crippen LogP contribution is 2.33. The van der Waals surface area contributed by atoms with Crippen molar-refractivity contribution in [3.63, 3.8) is 0 Å². The first-order valence-electron chi connectivity index (χ1n) is 10.3. The monoisotopic (exact) mass is 365 g/mol.